The molecule has 2 amide bonds. The van der Waals surface area contributed by atoms with E-state index in [9.17, 15) is 14.8 Å². The third kappa shape index (κ3) is 3.66. The van der Waals surface area contributed by atoms with Crippen LogP contribution in [0.1, 0.15) is 6.42 Å². The first-order valence-corrected chi connectivity index (χ1v) is 6.08. The summed E-state index contributed by atoms with van der Waals surface area (Å²) in [7, 11) is 0. The van der Waals surface area contributed by atoms with Crippen LogP contribution >= 0.6 is 0 Å². The van der Waals surface area contributed by atoms with Gasteiger partial charge in [-0.1, -0.05) is 36.4 Å². The molecule has 0 radical (unpaired) electrons. The van der Waals surface area contributed by atoms with Gasteiger partial charge in [0.25, 0.3) is 5.91 Å². The predicted molar refractivity (Wildman–Crippen MR) is 75.4 cm³/mol. The van der Waals surface area contributed by atoms with Crippen molar-refractivity contribution < 1.29 is 14.8 Å². The van der Waals surface area contributed by atoms with Crippen molar-refractivity contribution in [3.05, 3.63) is 60.7 Å². The minimum Gasteiger partial charge on any atom is -0.326 e. The van der Waals surface area contributed by atoms with Crippen LogP contribution in [-0.2, 0) is 9.59 Å². The first-order chi connectivity index (χ1) is 9.66. The number of benzene rings is 2. The maximum Gasteiger partial charge on any atom is 0.260 e. The van der Waals surface area contributed by atoms with Crippen LogP contribution in [0.5, 0.6) is 0 Å². The predicted octanol–water partition coefficient (Wildman–Crippen LogP) is 2.44. The summed E-state index contributed by atoms with van der Waals surface area (Å²) in [4.78, 5) is 23.4. The number of para-hydroxylation sites is 2. The van der Waals surface area contributed by atoms with Gasteiger partial charge in [0.2, 0.25) is 5.91 Å². The molecular formula is C15H14N2O3. The summed E-state index contributed by atoms with van der Waals surface area (Å²) >= 11 is 0. The van der Waals surface area contributed by atoms with E-state index in [0.29, 0.717) is 16.4 Å². The minimum atomic E-state index is -0.690. The van der Waals surface area contributed by atoms with E-state index >= 15 is 0 Å². The Morgan fingerprint density at radius 2 is 1.50 bits per heavy atom. The quantitative estimate of drug-likeness (QED) is 0.509. The monoisotopic (exact) mass is 270 g/mol. The molecule has 0 aliphatic carbocycles. The van der Waals surface area contributed by atoms with E-state index in [1.807, 2.05) is 6.07 Å². The van der Waals surface area contributed by atoms with Crippen LogP contribution in [0.2, 0.25) is 0 Å². The molecule has 0 bridgehead atoms. The Kier molecular flexibility index (Phi) is 4.47. The van der Waals surface area contributed by atoms with Crippen LogP contribution in [0, 0.1) is 0 Å². The molecule has 2 N–H and O–H groups in total. The van der Waals surface area contributed by atoms with Crippen molar-refractivity contribution in [1.29, 1.82) is 0 Å². The third-order valence-electron chi connectivity index (χ3n) is 2.61. The van der Waals surface area contributed by atoms with Gasteiger partial charge in [-0.2, -0.15) is 5.06 Å². The van der Waals surface area contributed by atoms with Crippen molar-refractivity contribution in [2.24, 2.45) is 0 Å². The van der Waals surface area contributed by atoms with Crippen LogP contribution in [0.25, 0.3) is 0 Å². The molecule has 5 nitrogen and oxygen atoms in total. The van der Waals surface area contributed by atoms with Crippen LogP contribution < -0.4 is 10.4 Å². The summed E-state index contributed by atoms with van der Waals surface area (Å²) in [5.74, 6) is -1.17. The lowest BCUT2D eigenvalue weighted by atomic mass is 10.2. The molecule has 0 aliphatic heterocycles. The normalized spacial score (nSPS) is 9.85. The van der Waals surface area contributed by atoms with E-state index in [1.165, 1.54) is 0 Å². The van der Waals surface area contributed by atoms with E-state index in [-0.39, 0.29) is 0 Å². The van der Waals surface area contributed by atoms with E-state index < -0.39 is 18.2 Å². The van der Waals surface area contributed by atoms with Gasteiger partial charge < -0.3 is 5.32 Å². The van der Waals surface area contributed by atoms with Gasteiger partial charge in [-0.3, -0.25) is 14.8 Å². The van der Waals surface area contributed by atoms with Crippen LogP contribution in [-0.4, -0.2) is 17.0 Å². The Balaban J connectivity index is 1.93. The number of anilines is 2. The standard InChI is InChI=1S/C15H14N2O3/c18-14(16-12-7-3-1-4-8-12)11-15(19)17(20)13-9-5-2-6-10-13/h1-10,20H,11H2,(H,16,18). The zero-order valence-corrected chi connectivity index (χ0v) is 10.7. The number of carbonyl (C=O) groups excluding carboxylic acids is 2. The molecule has 0 saturated heterocycles. The summed E-state index contributed by atoms with van der Waals surface area (Å²) in [5.41, 5.74) is 0.930. The highest BCUT2D eigenvalue weighted by atomic mass is 16.5. The van der Waals surface area contributed by atoms with E-state index in [2.05, 4.69) is 5.32 Å². The Morgan fingerprint density at radius 3 is 2.10 bits per heavy atom. The van der Waals surface area contributed by atoms with Crippen molar-refractivity contribution in [2.75, 3.05) is 10.4 Å². The molecule has 102 valence electrons. The summed E-state index contributed by atoms with van der Waals surface area (Å²) < 4.78 is 0. The van der Waals surface area contributed by atoms with Crippen LogP contribution in [0.4, 0.5) is 11.4 Å². The average Bonchev–Trinajstić information content (AvgIpc) is 2.48. The molecule has 0 heterocycles. The molecule has 0 saturated carbocycles. The fourth-order valence-corrected chi connectivity index (χ4v) is 1.65. The molecule has 0 aromatic heterocycles. The lowest BCUT2D eigenvalue weighted by Gasteiger charge is -2.14. The molecule has 0 atom stereocenters. The molecule has 20 heavy (non-hydrogen) atoms. The van der Waals surface area contributed by atoms with Gasteiger partial charge in [-0.25, -0.2) is 0 Å². The first-order valence-electron chi connectivity index (χ1n) is 6.08. The topological polar surface area (TPSA) is 69.6 Å². The number of carbonyl (C=O) groups is 2. The molecule has 0 unspecified atom stereocenters. The fraction of sp³-hybridized carbons (Fsp3) is 0.0667. The summed E-state index contributed by atoms with van der Waals surface area (Å²) in [6.45, 7) is 0. The van der Waals surface area contributed by atoms with Gasteiger partial charge >= 0.3 is 0 Å². The lowest BCUT2D eigenvalue weighted by Crippen LogP contribution is -2.30. The average molecular weight is 270 g/mol. The number of hydroxylamine groups is 1. The Hall–Kier alpha value is -2.66. The summed E-state index contributed by atoms with van der Waals surface area (Å²) in [6.07, 6.45) is -0.430. The molecule has 0 spiro atoms. The minimum absolute atomic E-state index is 0.324. The highest BCUT2D eigenvalue weighted by molar-refractivity contribution is 6.08. The van der Waals surface area contributed by atoms with E-state index in [0.717, 1.165) is 0 Å². The van der Waals surface area contributed by atoms with Crippen molar-refractivity contribution >= 4 is 23.2 Å². The smallest absolute Gasteiger partial charge is 0.260 e. The number of hydrogen-bond acceptors (Lipinski definition) is 3. The van der Waals surface area contributed by atoms with Gasteiger partial charge in [-0.15, -0.1) is 0 Å². The number of hydrogen-bond donors (Lipinski definition) is 2. The SMILES string of the molecule is O=C(CC(=O)N(O)c1ccccc1)Nc1ccccc1. The van der Waals surface area contributed by atoms with Crippen molar-refractivity contribution in [3.63, 3.8) is 0 Å². The highest BCUT2D eigenvalue weighted by Crippen LogP contribution is 2.12. The molecule has 2 aromatic carbocycles. The number of nitrogens with zero attached hydrogens (tertiary/aromatic N) is 1. The number of nitrogens with one attached hydrogen (secondary N) is 1. The molecule has 2 rings (SSSR count). The second-order valence-corrected chi connectivity index (χ2v) is 4.13. The molecule has 0 fully saturated rings. The first kappa shape index (κ1) is 13.8. The molecule has 0 aliphatic rings. The number of amides is 2. The van der Waals surface area contributed by atoms with Gasteiger partial charge in [-0.05, 0) is 24.3 Å². The maximum absolute atomic E-state index is 11.8. The zero-order chi connectivity index (χ0) is 14.4. The Labute approximate surface area is 116 Å². The fourth-order valence-electron chi connectivity index (χ4n) is 1.65. The van der Waals surface area contributed by atoms with E-state index in [1.54, 1.807) is 54.6 Å². The van der Waals surface area contributed by atoms with Crippen molar-refractivity contribution in [2.45, 2.75) is 6.42 Å². The van der Waals surface area contributed by atoms with Gasteiger partial charge in [0.05, 0.1) is 5.69 Å². The number of rotatable bonds is 4. The maximum atomic E-state index is 11.8. The Bertz CT molecular complexity index is 585. The summed E-state index contributed by atoms with van der Waals surface area (Å²) in [5, 5.41) is 12.8. The Morgan fingerprint density at radius 1 is 0.950 bits per heavy atom. The van der Waals surface area contributed by atoms with Gasteiger partial charge in [0.1, 0.15) is 6.42 Å². The second-order valence-electron chi connectivity index (χ2n) is 4.13. The summed E-state index contributed by atoms with van der Waals surface area (Å²) in [6, 6.07) is 17.1. The third-order valence-corrected chi connectivity index (χ3v) is 2.61. The van der Waals surface area contributed by atoms with Gasteiger partial charge in [0.15, 0.2) is 0 Å². The molecular weight excluding hydrogens is 256 g/mol. The van der Waals surface area contributed by atoms with Crippen LogP contribution in [0.15, 0.2) is 60.7 Å². The molecule has 2 aromatic rings. The lowest BCUT2D eigenvalue weighted by molar-refractivity contribution is -0.128. The van der Waals surface area contributed by atoms with Gasteiger partial charge in [0, 0.05) is 5.69 Å². The van der Waals surface area contributed by atoms with Crippen molar-refractivity contribution in [3.8, 4) is 0 Å². The second kappa shape index (κ2) is 6.49. The zero-order valence-electron chi connectivity index (χ0n) is 10.7. The highest BCUT2D eigenvalue weighted by Gasteiger charge is 2.17. The largest absolute Gasteiger partial charge is 0.326 e. The van der Waals surface area contributed by atoms with E-state index in [4.69, 9.17) is 0 Å². The van der Waals surface area contributed by atoms with Crippen LogP contribution in [0.3, 0.4) is 0 Å². The van der Waals surface area contributed by atoms with Crippen molar-refractivity contribution in [1.82, 2.24) is 0 Å². The molecule has 5 heteroatoms.